The molecule has 2 N–H and O–H groups in total. The number of nitrogen functional groups attached to an aromatic ring is 1. The SMILES string of the molecule is CCN1CC(C)C(=O)N(c2ccc(N)cc2)C1=O. The number of imide groups is 1. The average molecular weight is 247 g/mol. The van der Waals surface area contributed by atoms with E-state index in [9.17, 15) is 9.59 Å². The molecule has 1 aliphatic rings. The summed E-state index contributed by atoms with van der Waals surface area (Å²) in [5, 5.41) is 0. The molecular weight excluding hydrogens is 230 g/mol. The Hall–Kier alpha value is -2.04. The molecule has 0 bridgehead atoms. The fourth-order valence-electron chi connectivity index (χ4n) is 2.07. The minimum absolute atomic E-state index is 0.158. The highest BCUT2D eigenvalue weighted by Crippen LogP contribution is 2.24. The van der Waals surface area contributed by atoms with Gasteiger partial charge in [-0.25, -0.2) is 9.69 Å². The van der Waals surface area contributed by atoms with Crippen LogP contribution in [0.4, 0.5) is 16.2 Å². The summed E-state index contributed by atoms with van der Waals surface area (Å²) in [5.74, 6) is -0.338. The number of nitrogens with zero attached hydrogens (tertiary/aromatic N) is 2. The zero-order valence-electron chi connectivity index (χ0n) is 10.6. The van der Waals surface area contributed by atoms with Gasteiger partial charge in [-0.1, -0.05) is 6.92 Å². The maximum Gasteiger partial charge on any atom is 0.331 e. The van der Waals surface area contributed by atoms with Crippen molar-refractivity contribution >= 4 is 23.3 Å². The molecule has 5 heteroatoms. The smallest absolute Gasteiger partial charge is 0.331 e. The number of benzene rings is 1. The number of rotatable bonds is 2. The van der Waals surface area contributed by atoms with Crippen molar-refractivity contribution in [3.05, 3.63) is 24.3 Å². The maximum atomic E-state index is 12.2. The normalized spacial score (nSPS) is 20.4. The van der Waals surface area contributed by atoms with E-state index in [1.165, 1.54) is 4.90 Å². The van der Waals surface area contributed by atoms with E-state index in [4.69, 9.17) is 5.73 Å². The van der Waals surface area contributed by atoms with Crippen LogP contribution in [0.2, 0.25) is 0 Å². The van der Waals surface area contributed by atoms with Gasteiger partial charge in [0.2, 0.25) is 5.91 Å². The van der Waals surface area contributed by atoms with Gasteiger partial charge in [0.05, 0.1) is 11.6 Å². The first-order valence-electron chi connectivity index (χ1n) is 6.03. The quantitative estimate of drug-likeness (QED) is 0.809. The van der Waals surface area contributed by atoms with E-state index in [2.05, 4.69) is 0 Å². The van der Waals surface area contributed by atoms with E-state index in [1.807, 2.05) is 13.8 Å². The number of amides is 3. The highest BCUT2D eigenvalue weighted by Gasteiger charge is 2.36. The molecule has 0 spiro atoms. The third kappa shape index (κ3) is 2.03. The predicted octanol–water partition coefficient (Wildman–Crippen LogP) is 1.69. The largest absolute Gasteiger partial charge is 0.399 e. The van der Waals surface area contributed by atoms with Crippen LogP contribution in [-0.4, -0.2) is 29.9 Å². The molecule has 96 valence electrons. The van der Waals surface area contributed by atoms with Gasteiger partial charge in [0.15, 0.2) is 0 Å². The lowest BCUT2D eigenvalue weighted by Crippen LogP contribution is -2.56. The minimum atomic E-state index is -0.259. The maximum absolute atomic E-state index is 12.2. The first-order valence-corrected chi connectivity index (χ1v) is 6.03. The molecule has 1 atom stereocenters. The number of carbonyl (C=O) groups is 2. The van der Waals surface area contributed by atoms with Crippen LogP contribution in [0.3, 0.4) is 0 Å². The van der Waals surface area contributed by atoms with Crippen LogP contribution in [0.15, 0.2) is 24.3 Å². The van der Waals surface area contributed by atoms with Crippen molar-refractivity contribution in [2.24, 2.45) is 5.92 Å². The van der Waals surface area contributed by atoms with Crippen molar-refractivity contribution < 1.29 is 9.59 Å². The number of carbonyl (C=O) groups excluding carboxylic acids is 2. The monoisotopic (exact) mass is 247 g/mol. The zero-order valence-corrected chi connectivity index (χ0v) is 10.6. The second kappa shape index (κ2) is 4.68. The minimum Gasteiger partial charge on any atom is -0.399 e. The first kappa shape index (κ1) is 12.4. The first-order chi connectivity index (χ1) is 8.54. The Morgan fingerprint density at radius 1 is 1.28 bits per heavy atom. The third-order valence-electron chi connectivity index (χ3n) is 3.13. The van der Waals surface area contributed by atoms with Gasteiger partial charge >= 0.3 is 6.03 Å². The summed E-state index contributed by atoms with van der Waals surface area (Å²) in [6.45, 7) is 4.82. The van der Waals surface area contributed by atoms with Gasteiger partial charge in [-0.15, -0.1) is 0 Å². The summed E-state index contributed by atoms with van der Waals surface area (Å²) in [6, 6.07) is 6.50. The Bertz CT molecular complexity index is 470. The Balaban J connectivity index is 2.36. The molecule has 1 heterocycles. The number of anilines is 2. The summed E-state index contributed by atoms with van der Waals surface area (Å²) < 4.78 is 0. The summed E-state index contributed by atoms with van der Waals surface area (Å²) in [6.07, 6.45) is 0. The zero-order chi connectivity index (χ0) is 13.3. The Kier molecular flexibility index (Phi) is 3.23. The molecule has 0 saturated carbocycles. The number of hydrogen-bond donors (Lipinski definition) is 1. The molecule has 18 heavy (non-hydrogen) atoms. The molecule has 1 aliphatic heterocycles. The lowest BCUT2D eigenvalue weighted by atomic mass is 10.1. The van der Waals surface area contributed by atoms with E-state index in [0.717, 1.165) is 0 Å². The van der Waals surface area contributed by atoms with Crippen molar-refractivity contribution in [3.8, 4) is 0 Å². The summed E-state index contributed by atoms with van der Waals surface area (Å²) >= 11 is 0. The highest BCUT2D eigenvalue weighted by molar-refractivity contribution is 6.16. The number of nitrogens with two attached hydrogens (primary N) is 1. The van der Waals surface area contributed by atoms with E-state index in [1.54, 1.807) is 29.2 Å². The van der Waals surface area contributed by atoms with E-state index >= 15 is 0 Å². The van der Waals surface area contributed by atoms with Crippen LogP contribution in [0.5, 0.6) is 0 Å². The molecule has 1 aromatic carbocycles. The van der Waals surface area contributed by atoms with Crippen LogP contribution in [0, 0.1) is 5.92 Å². The fourth-order valence-corrected chi connectivity index (χ4v) is 2.07. The molecule has 3 amide bonds. The Morgan fingerprint density at radius 3 is 2.44 bits per heavy atom. The average Bonchev–Trinajstić information content (AvgIpc) is 2.36. The summed E-state index contributed by atoms with van der Waals surface area (Å²) in [5.41, 5.74) is 6.79. The van der Waals surface area contributed by atoms with Gasteiger partial charge in [0.25, 0.3) is 0 Å². The van der Waals surface area contributed by atoms with Gasteiger partial charge in [-0.05, 0) is 31.2 Å². The predicted molar refractivity (Wildman–Crippen MR) is 70.1 cm³/mol. The molecule has 1 fully saturated rings. The van der Waals surface area contributed by atoms with Gasteiger partial charge in [-0.3, -0.25) is 4.79 Å². The number of urea groups is 1. The molecule has 1 aromatic rings. The Morgan fingerprint density at radius 2 is 1.89 bits per heavy atom. The molecule has 2 rings (SSSR count). The van der Waals surface area contributed by atoms with Gasteiger partial charge in [0.1, 0.15) is 0 Å². The summed E-state index contributed by atoms with van der Waals surface area (Å²) in [7, 11) is 0. The third-order valence-corrected chi connectivity index (χ3v) is 3.13. The standard InChI is InChI=1S/C13H17N3O2/c1-3-15-8-9(2)12(17)16(13(15)18)11-6-4-10(14)5-7-11/h4-7,9H,3,8,14H2,1-2H3. The molecular formula is C13H17N3O2. The van der Waals surface area contributed by atoms with Crippen LogP contribution in [0.25, 0.3) is 0 Å². The van der Waals surface area contributed by atoms with Crippen molar-refractivity contribution in [1.82, 2.24) is 4.90 Å². The number of hydrogen-bond acceptors (Lipinski definition) is 3. The topological polar surface area (TPSA) is 66.6 Å². The van der Waals surface area contributed by atoms with Gasteiger partial charge in [0, 0.05) is 18.8 Å². The molecule has 1 unspecified atom stereocenters. The van der Waals surface area contributed by atoms with Crippen LogP contribution in [0.1, 0.15) is 13.8 Å². The molecule has 0 radical (unpaired) electrons. The lowest BCUT2D eigenvalue weighted by molar-refractivity contribution is -0.122. The summed E-state index contributed by atoms with van der Waals surface area (Å²) in [4.78, 5) is 27.2. The lowest BCUT2D eigenvalue weighted by Gasteiger charge is -2.36. The van der Waals surface area contributed by atoms with Gasteiger partial charge < -0.3 is 10.6 Å². The van der Waals surface area contributed by atoms with Crippen LogP contribution in [-0.2, 0) is 4.79 Å². The van der Waals surface area contributed by atoms with E-state index < -0.39 is 0 Å². The molecule has 5 nitrogen and oxygen atoms in total. The van der Waals surface area contributed by atoms with Crippen molar-refractivity contribution in [2.75, 3.05) is 23.7 Å². The van der Waals surface area contributed by atoms with Crippen LogP contribution >= 0.6 is 0 Å². The fraction of sp³-hybridized carbons (Fsp3) is 0.385. The molecule has 1 saturated heterocycles. The molecule has 0 aliphatic carbocycles. The second-order valence-corrected chi connectivity index (χ2v) is 4.49. The second-order valence-electron chi connectivity index (χ2n) is 4.49. The van der Waals surface area contributed by atoms with E-state index in [0.29, 0.717) is 24.5 Å². The van der Waals surface area contributed by atoms with Crippen LogP contribution < -0.4 is 10.6 Å². The van der Waals surface area contributed by atoms with Crippen molar-refractivity contribution in [1.29, 1.82) is 0 Å². The van der Waals surface area contributed by atoms with Crippen molar-refractivity contribution in [3.63, 3.8) is 0 Å². The van der Waals surface area contributed by atoms with Gasteiger partial charge in [-0.2, -0.15) is 0 Å². The Labute approximate surface area is 106 Å². The highest BCUT2D eigenvalue weighted by atomic mass is 16.2. The van der Waals surface area contributed by atoms with E-state index in [-0.39, 0.29) is 17.9 Å². The van der Waals surface area contributed by atoms with Crippen molar-refractivity contribution in [2.45, 2.75) is 13.8 Å². The molecule has 0 aromatic heterocycles.